The Morgan fingerprint density at radius 1 is 1.30 bits per heavy atom. The maximum atomic E-state index is 12.1. The highest BCUT2D eigenvalue weighted by molar-refractivity contribution is 5.96. The number of β-amino-alcohol motifs (C(OH)–C–C–N with tert-alkyl or cyclic N) is 1. The topological polar surface area (TPSA) is 43.8 Å². The molecule has 3 rings (SSSR count). The largest absolute Gasteiger partial charge is 0.387 e. The first-order valence-electron chi connectivity index (χ1n) is 8.95. The number of rotatable bonds is 4. The van der Waals surface area contributed by atoms with Crippen molar-refractivity contribution < 1.29 is 9.90 Å². The van der Waals surface area contributed by atoms with E-state index < -0.39 is 6.10 Å². The van der Waals surface area contributed by atoms with E-state index in [0.717, 1.165) is 30.8 Å². The zero-order valence-corrected chi connectivity index (χ0v) is 14.3. The van der Waals surface area contributed by atoms with Crippen LogP contribution in [0.4, 0.5) is 5.69 Å². The standard InChI is InChI=1S/C19H28N2O2/c1-3-19(23)21-14(2)11-16-12-15(7-8-17(16)21)18(22)13-20-9-5-4-6-10-20/h7-8,12,14,18,22H,3-6,9-11,13H2,1-2H3. The molecule has 1 aromatic carbocycles. The highest BCUT2D eigenvalue weighted by Crippen LogP contribution is 2.34. The average Bonchev–Trinajstić information content (AvgIpc) is 2.90. The Hall–Kier alpha value is -1.39. The Labute approximate surface area is 139 Å². The van der Waals surface area contributed by atoms with E-state index in [-0.39, 0.29) is 11.9 Å². The summed E-state index contributed by atoms with van der Waals surface area (Å²) in [5.41, 5.74) is 3.19. The first-order chi connectivity index (χ1) is 11.1. The minimum atomic E-state index is -0.440. The van der Waals surface area contributed by atoms with E-state index in [1.807, 2.05) is 24.0 Å². The van der Waals surface area contributed by atoms with Crippen molar-refractivity contribution in [3.8, 4) is 0 Å². The van der Waals surface area contributed by atoms with Gasteiger partial charge in [-0.15, -0.1) is 0 Å². The number of benzene rings is 1. The van der Waals surface area contributed by atoms with Crippen LogP contribution in [0.15, 0.2) is 18.2 Å². The predicted molar refractivity (Wildman–Crippen MR) is 92.6 cm³/mol. The Bertz CT molecular complexity index is 566. The number of nitrogens with zero attached hydrogens (tertiary/aromatic N) is 2. The number of amides is 1. The smallest absolute Gasteiger partial charge is 0.226 e. The van der Waals surface area contributed by atoms with Crippen molar-refractivity contribution in [2.75, 3.05) is 24.5 Å². The number of aliphatic hydroxyl groups excluding tert-OH is 1. The predicted octanol–water partition coefficient (Wildman–Crippen LogP) is 2.89. The molecule has 1 aromatic rings. The number of likely N-dealkylation sites (tertiary alicyclic amines) is 1. The maximum Gasteiger partial charge on any atom is 0.226 e. The number of hydrogen-bond donors (Lipinski definition) is 1. The molecule has 1 fully saturated rings. The number of hydrogen-bond acceptors (Lipinski definition) is 3. The Balaban J connectivity index is 1.73. The molecule has 23 heavy (non-hydrogen) atoms. The molecule has 0 radical (unpaired) electrons. The van der Waals surface area contributed by atoms with Crippen LogP contribution in [0.1, 0.15) is 56.8 Å². The van der Waals surface area contributed by atoms with Gasteiger partial charge in [-0.1, -0.05) is 25.5 Å². The molecular formula is C19H28N2O2. The molecule has 2 aliphatic rings. The summed E-state index contributed by atoms with van der Waals surface area (Å²) in [6.07, 6.45) is 4.76. The van der Waals surface area contributed by atoms with E-state index in [0.29, 0.717) is 13.0 Å². The first-order valence-corrected chi connectivity index (χ1v) is 8.95. The SMILES string of the molecule is CCC(=O)N1c2ccc(C(O)CN3CCCCC3)cc2CC1C. The monoisotopic (exact) mass is 316 g/mol. The number of carbonyl (C=O) groups is 1. The van der Waals surface area contributed by atoms with Crippen LogP contribution in [0.2, 0.25) is 0 Å². The van der Waals surface area contributed by atoms with Crippen molar-refractivity contribution in [1.82, 2.24) is 4.90 Å². The molecule has 126 valence electrons. The molecule has 2 atom stereocenters. The maximum absolute atomic E-state index is 12.1. The molecule has 0 spiro atoms. The van der Waals surface area contributed by atoms with Crippen molar-refractivity contribution in [2.24, 2.45) is 0 Å². The second kappa shape index (κ2) is 7.02. The third-order valence-electron chi connectivity index (χ3n) is 5.15. The fraction of sp³-hybridized carbons (Fsp3) is 0.632. The van der Waals surface area contributed by atoms with Gasteiger partial charge in [0, 0.05) is 24.7 Å². The van der Waals surface area contributed by atoms with Gasteiger partial charge in [-0.05, 0) is 56.5 Å². The summed E-state index contributed by atoms with van der Waals surface area (Å²) in [7, 11) is 0. The normalized spacial score (nSPS) is 22.9. The van der Waals surface area contributed by atoms with Crippen LogP contribution in [0, 0.1) is 0 Å². The van der Waals surface area contributed by atoms with Crippen molar-refractivity contribution in [3.63, 3.8) is 0 Å². The third kappa shape index (κ3) is 3.43. The van der Waals surface area contributed by atoms with E-state index in [1.165, 1.54) is 24.8 Å². The summed E-state index contributed by atoms with van der Waals surface area (Å²) >= 11 is 0. The lowest BCUT2D eigenvalue weighted by atomic mass is 10.0. The first kappa shape index (κ1) is 16.5. The highest BCUT2D eigenvalue weighted by Gasteiger charge is 2.30. The van der Waals surface area contributed by atoms with Gasteiger partial charge >= 0.3 is 0 Å². The zero-order valence-electron chi connectivity index (χ0n) is 14.3. The molecule has 1 amide bonds. The van der Waals surface area contributed by atoms with Gasteiger partial charge in [-0.25, -0.2) is 0 Å². The molecule has 0 aliphatic carbocycles. The molecule has 4 heteroatoms. The van der Waals surface area contributed by atoms with Gasteiger partial charge in [0.1, 0.15) is 0 Å². The summed E-state index contributed by atoms with van der Waals surface area (Å²) in [5.74, 6) is 0.179. The minimum Gasteiger partial charge on any atom is -0.387 e. The van der Waals surface area contributed by atoms with Crippen molar-refractivity contribution in [1.29, 1.82) is 0 Å². The lowest BCUT2D eigenvalue weighted by Gasteiger charge is -2.28. The van der Waals surface area contributed by atoms with Crippen LogP contribution >= 0.6 is 0 Å². The van der Waals surface area contributed by atoms with Gasteiger partial charge in [0.25, 0.3) is 0 Å². The number of carbonyl (C=O) groups excluding carboxylic acids is 1. The summed E-state index contributed by atoms with van der Waals surface area (Å²) in [6, 6.07) is 6.32. The minimum absolute atomic E-state index is 0.179. The van der Waals surface area contributed by atoms with Crippen LogP contribution < -0.4 is 4.90 Å². The van der Waals surface area contributed by atoms with E-state index in [1.54, 1.807) is 0 Å². The van der Waals surface area contributed by atoms with Crippen molar-refractivity contribution >= 4 is 11.6 Å². The molecule has 2 heterocycles. The molecule has 0 saturated carbocycles. The molecule has 4 nitrogen and oxygen atoms in total. The fourth-order valence-corrected chi connectivity index (χ4v) is 3.90. The summed E-state index contributed by atoms with van der Waals surface area (Å²) in [5, 5.41) is 10.6. The van der Waals surface area contributed by atoms with Crippen LogP contribution in [0.25, 0.3) is 0 Å². The number of fused-ring (bicyclic) bond motifs is 1. The summed E-state index contributed by atoms with van der Waals surface area (Å²) < 4.78 is 0. The lowest BCUT2D eigenvalue weighted by Crippen LogP contribution is -2.35. The van der Waals surface area contributed by atoms with Crippen LogP contribution in [-0.4, -0.2) is 41.6 Å². The molecule has 1 saturated heterocycles. The zero-order chi connectivity index (χ0) is 16.4. The van der Waals surface area contributed by atoms with E-state index in [9.17, 15) is 9.90 Å². The second-order valence-corrected chi connectivity index (χ2v) is 6.94. The lowest BCUT2D eigenvalue weighted by molar-refractivity contribution is -0.118. The van der Waals surface area contributed by atoms with Gasteiger partial charge < -0.3 is 14.9 Å². The third-order valence-corrected chi connectivity index (χ3v) is 5.15. The average molecular weight is 316 g/mol. The highest BCUT2D eigenvalue weighted by atomic mass is 16.3. The molecule has 0 aromatic heterocycles. The number of aliphatic hydroxyl groups is 1. The molecule has 2 aliphatic heterocycles. The molecule has 1 N–H and O–H groups in total. The van der Waals surface area contributed by atoms with Gasteiger partial charge in [0.2, 0.25) is 5.91 Å². The van der Waals surface area contributed by atoms with Gasteiger partial charge in [-0.2, -0.15) is 0 Å². The van der Waals surface area contributed by atoms with Crippen molar-refractivity contribution in [3.05, 3.63) is 29.3 Å². The van der Waals surface area contributed by atoms with Crippen LogP contribution in [0.5, 0.6) is 0 Å². The van der Waals surface area contributed by atoms with E-state index in [2.05, 4.69) is 17.9 Å². The fourth-order valence-electron chi connectivity index (χ4n) is 3.90. The molecule has 0 bridgehead atoms. The Morgan fingerprint density at radius 2 is 2.04 bits per heavy atom. The second-order valence-electron chi connectivity index (χ2n) is 6.94. The molecular weight excluding hydrogens is 288 g/mol. The van der Waals surface area contributed by atoms with Crippen LogP contribution in [-0.2, 0) is 11.2 Å². The van der Waals surface area contributed by atoms with Crippen molar-refractivity contribution in [2.45, 2.75) is 58.1 Å². The van der Waals surface area contributed by atoms with E-state index in [4.69, 9.17) is 0 Å². The van der Waals surface area contributed by atoms with Gasteiger partial charge in [-0.3, -0.25) is 4.79 Å². The number of piperidine rings is 1. The van der Waals surface area contributed by atoms with Gasteiger partial charge in [0.15, 0.2) is 0 Å². The Morgan fingerprint density at radius 3 is 2.74 bits per heavy atom. The van der Waals surface area contributed by atoms with E-state index >= 15 is 0 Å². The summed E-state index contributed by atoms with van der Waals surface area (Å²) in [6.45, 7) is 6.91. The van der Waals surface area contributed by atoms with Crippen LogP contribution in [0.3, 0.4) is 0 Å². The summed E-state index contributed by atoms with van der Waals surface area (Å²) in [4.78, 5) is 16.4. The van der Waals surface area contributed by atoms with Gasteiger partial charge in [0.05, 0.1) is 6.10 Å². The number of anilines is 1. The Kier molecular flexibility index (Phi) is 5.02. The molecule has 2 unspecified atom stereocenters. The quantitative estimate of drug-likeness (QED) is 0.929.